The molecule has 0 fully saturated rings. The van der Waals surface area contributed by atoms with E-state index in [1.807, 2.05) is 215 Å². The first-order valence-electron chi connectivity index (χ1n) is 31.2. The molecule has 0 radical (unpaired) electrons. The predicted molar refractivity (Wildman–Crippen MR) is 376 cm³/mol. The number of phenols is 1. The van der Waals surface area contributed by atoms with Crippen LogP contribution >= 0.6 is 0 Å². The molecule has 0 bridgehead atoms. The minimum Gasteiger partial charge on any atom is -0.508 e. The Hall–Kier alpha value is -8.79. The van der Waals surface area contributed by atoms with Crippen molar-refractivity contribution in [2.45, 2.75) is 124 Å². The lowest BCUT2D eigenvalue weighted by Gasteiger charge is -2.38. The number of hydrogen-bond donors (Lipinski definition) is 4. The number of carbonyl (C=O) groups is 2. The maximum Gasteiger partial charge on any atom is 0.414 e. The summed E-state index contributed by atoms with van der Waals surface area (Å²) in [6, 6.07) is 51.4. The van der Waals surface area contributed by atoms with Gasteiger partial charge in [-0.25, -0.2) is 33.3 Å². The number of nitrogens with one attached hydrogen (secondary N) is 1. The summed E-state index contributed by atoms with van der Waals surface area (Å²) < 4.78 is 57.6. The summed E-state index contributed by atoms with van der Waals surface area (Å²) >= 11 is 0. The van der Waals surface area contributed by atoms with Gasteiger partial charge in [-0.1, -0.05) is 75.4 Å². The molecule has 9 aromatic rings. The third kappa shape index (κ3) is 22.2. The fourth-order valence-electron chi connectivity index (χ4n) is 8.76. The molecule has 0 aliphatic rings. The van der Waals surface area contributed by atoms with Gasteiger partial charge in [-0.15, -0.1) is 0 Å². The molecule has 3 heterocycles. The first kappa shape index (κ1) is 74.2. The van der Waals surface area contributed by atoms with E-state index < -0.39 is 51.2 Å². The number of amides is 2. The number of carbonyl (C=O) groups excluding carboxylic acids is 2. The maximum atomic E-state index is 12.3. The molecule has 3 aromatic heterocycles. The number of ether oxygens (including phenoxy) is 5. The van der Waals surface area contributed by atoms with Crippen molar-refractivity contribution in [1.29, 1.82) is 0 Å². The lowest BCUT2D eigenvalue weighted by Crippen LogP contribution is -2.45. The number of rotatable bonds is 18. The van der Waals surface area contributed by atoms with Crippen molar-refractivity contribution in [2.24, 2.45) is 0 Å². The van der Waals surface area contributed by atoms with Gasteiger partial charge in [0.15, 0.2) is 14.6 Å². The number of anilines is 3. The molecule has 0 spiro atoms. The molecule has 1 unspecified atom stereocenters. The standard InChI is InChI=1S/C25H30N2O4.C21H22N2O3.C19H19FN2O2.C9H21FO2Si/c1-7-29-17(2)30-21-13-15-23-19(16-21)10-14-22(26-23)18-8-11-20(12-9-18)27(6)24(28)31-25(3,4)5;1-21(2,3)26-20(25)23(4)16-8-5-14(6-9-16)18-11-7-15-13-17(24)10-12-19(15)22-18;1-21-15-5-2-13(3-6-15)18-8-4-14-10-17(7-9-19(14)22-18)24-12-16(23)11-20;1-9(2,3)13(4,5)12-8(6-10)7-11/h8-17H,7H2,1-6H3;5-13,24H,1-4H3;2-10,16,21,23H,11-12H2,1H3;8,11H,6-7H2,1-5H3/t;;16-;8-/m..11/s1. The molecule has 0 aliphatic heterocycles. The van der Waals surface area contributed by atoms with Gasteiger partial charge in [0.1, 0.15) is 54.5 Å². The molecule has 0 aliphatic carbocycles. The summed E-state index contributed by atoms with van der Waals surface area (Å²) in [6.07, 6.45) is -2.82. The Kier molecular flexibility index (Phi) is 26.3. The van der Waals surface area contributed by atoms with Crippen molar-refractivity contribution in [3.8, 4) is 51.0 Å². The summed E-state index contributed by atoms with van der Waals surface area (Å²) in [5.41, 5.74) is 9.56. The number of aliphatic hydroxyl groups excluding tert-OH is 2. The Morgan fingerprint density at radius 2 is 1.00 bits per heavy atom. The highest BCUT2D eigenvalue weighted by Crippen LogP contribution is 2.38. The van der Waals surface area contributed by atoms with Crippen LogP contribution in [0.2, 0.25) is 18.1 Å². The molecule has 502 valence electrons. The molecule has 94 heavy (non-hydrogen) atoms. The molecule has 3 atom stereocenters. The fourth-order valence-corrected chi connectivity index (χ4v) is 10.1. The van der Waals surface area contributed by atoms with Gasteiger partial charge in [0.05, 0.1) is 46.3 Å². The molecular weight excluding hydrogens is 1210 g/mol. The minimum atomic E-state index is -1.91. The minimum absolute atomic E-state index is 0.0642. The van der Waals surface area contributed by atoms with Crippen molar-refractivity contribution in [2.75, 3.05) is 69.4 Å². The topological polar surface area (TPSA) is 207 Å². The van der Waals surface area contributed by atoms with Crippen LogP contribution in [0.5, 0.6) is 17.2 Å². The van der Waals surface area contributed by atoms with Gasteiger partial charge in [-0.2, -0.15) is 0 Å². The fraction of sp³-hybridized carbons (Fsp3) is 0.365. The monoisotopic (exact) mass is 1310 g/mol. The molecule has 17 nitrogen and oxygen atoms in total. The summed E-state index contributed by atoms with van der Waals surface area (Å²) in [4.78, 5) is 41.5. The summed E-state index contributed by atoms with van der Waals surface area (Å²) in [5.74, 6) is 1.56. The largest absolute Gasteiger partial charge is 0.508 e. The highest BCUT2D eigenvalue weighted by molar-refractivity contribution is 6.74. The van der Waals surface area contributed by atoms with E-state index in [2.05, 4.69) is 36.1 Å². The lowest BCUT2D eigenvalue weighted by atomic mass is 10.1. The van der Waals surface area contributed by atoms with Crippen molar-refractivity contribution >= 4 is 70.3 Å². The predicted octanol–water partition coefficient (Wildman–Crippen LogP) is 17.0. The van der Waals surface area contributed by atoms with Crippen LogP contribution in [0.4, 0.5) is 35.4 Å². The number of aliphatic hydroxyl groups is 2. The molecule has 4 N–H and O–H groups in total. The number of hydrogen-bond acceptors (Lipinski definition) is 15. The average molecular weight is 1310 g/mol. The quantitative estimate of drug-likeness (QED) is 0.0465. The van der Waals surface area contributed by atoms with Gasteiger partial charge in [0.25, 0.3) is 0 Å². The number of benzene rings is 6. The van der Waals surface area contributed by atoms with Gasteiger partial charge in [0.2, 0.25) is 0 Å². The lowest BCUT2D eigenvalue weighted by molar-refractivity contribution is -0.0612. The van der Waals surface area contributed by atoms with Crippen LogP contribution in [0.25, 0.3) is 66.5 Å². The second kappa shape index (κ2) is 33.4. The highest BCUT2D eigenvalue weighted by atomic mass is 28.4. The van der Waals surface area contributed by atoms with Gasteiger partial charge in [0, 0.05) is 77.7 Å². The molecule has 9 rings (SSSR count). The third-order valence-electron chi connectivity index (χ3n) is 14.9. The first-order chi connectivity index (χ1) is 44.3. The van der Waals surface area contributed by atoms with Crippen molar-refractivity contribution in [3.63, 3.8) is 0 Å². The first-order valence-corrected chi connectivity index (χ1v) is 34.1. The van der Waals surface area contributed by atoms with E-state index >= 15 is 0 Å². The second-order valence-electron chi connectivity index (χ2n) is 25.8. The molecular formula is C74H92F2N6O11Si. The number of halogens is 2. The molecule has 2 amide bonds. The van der Waals surface area contributed by atoms with Gasteiger partial charge in [-0.05, 0) is 183 Å². The van der Waals surface area contributed by atoms with Crippen LogP contribution in [-0.4, -0.2) is 135 Å². The number of aromatic hydroxyl groups is 1. The number of alkyl halides is 2. The average Bonchev–Trinajstić information content (AvgIpc) is 0.831. The van der Waals surface area contributed by atoms with Gasteiger partial charge < -0.3 is 48.7 Å². The summed E-state index contributed by atoms with van der Waals surface area (Å²) in [7, 11) is 3.36. The molecule has 0 saturated heterocycles. The van der Waals surface area contributed by atoms with E-state index in [4.69, 9.17) is 38.2 Å². The van der Waals surface area contributed by atoms with Crippen molar-refractivity contribution in [3.05, 3.63) is 164 Å². The Bertz CT molecular complexity index is 3890. The van der Waals surface area contributed by atoms with E-state index in [1.54, 1.807) is 38.4 Å². The highest BCUT2D eigenvalue weighted by Gasteiger charge is 2.39. The molecule has 6 aromatic carbocycles. The van der Waals surface area contributed by atoms with Crippen LogP contribution in [0, 0.1) is 0 Å². The van der Waals surface area contributed by atoms with Crippen LogP contribution in [0.3, 0.4) is 0 Å². The zero-order valence-electron chi connectivity index (χ0n) is 57.0. The van der Waals surface area contributed by atoms with Crippen molar-refractivity contribution < 1.29 is 61.8 Å². The normalized spacial score (nSPS) is 12.6. The van der Waals surface area contributed by atoms with E-state index in [1.165, 1.54) is 9.80 Å². The number of aromatic nitrogens is 3. The van der Waals surface area contributed by atoms with Gasteiger partial charge >= 0.3 is 12.2 Å². The Balaban J connectivity index is 0.000000206. The zero-order chi connectivity index (χ0) is 69.1. The number of nitrogens with zero attached hydrogens (tertiary/aromatic N) is 5. The van der Waals surface area contributed by atoms with Crippen LogP contribution < -0.4 is 24.6 Å². The van der Waals surface area contributed by atoms with E-state index in [9.17, 15) is 28.6 Å². The maximum absolute atomic E-state index is 12.3. The number of pyridine rings is 3. The SMILES string of the molecule is CC(C)(C)[Si](C)(C)O[C@@H](CO)CF.CCOC(C)Oc1ccc2nc(-c3ccc(N(C)C(=O)OC(C)(C)C)cc3)ccc2c1.CN(C(=O)OC(C)(C)C)c1ccc(-c2ccc3cc(O)ccc3n2)cc1.CNc1ccc(-c2ccc3cc(OC[C@H](O)CF)ccc3n2)cc1. The van der Waals surface area contributed by atoms with Crippen molar-refractivity contribution in [1.82, 2.24) is 15.0 Å². The van der Waals surface area contributed by atoms with E-state index in [0.717, 1.165) is 89.3 Å². The van der Waals surface area contributed by atoms with Crippen LogP contribution in [-0.2, 0) is 18.6 Å². The van der Waals surface area contributed by atoms with E-state index in [0.29, 0.717) is 12.4 Å². The zero-order valence-corrected chi connectivity index (χ0v) is 58.0. The Morgan fingerprint density at radius 1 is 0.585 bits per heavy atom. The van der Waals surface area contributed by atoms with Crippen LogP contribution in [0.1, 0.15) is 76.2 Å². The smallest absolute Gasteiger partial charge is 0.414 e. The number of phenolic OH excluding ortho intramolecular Hbond substituents is 1. The second-order valence-corrected chi connectivity index (χ2v) is 30.5. The molecule has 0 saturated carbocycles. The number of fused-ring (bicyclic) bond motifs is 3. The Morgan fingerprint density at radius 3 is 1.39 bits per heavy atom. The van der Waals surface area contributed by atoms with Crippen LogP contribution in [0.15, 0.2) is 164 Å². The van der Waals surface area contributed by atoms with E-state index in [-0.39, 0.29) is 36.4 Å². The molecule has 20 heteroatoms. The third-order valence-corrected chi connectivity index (χ3v) is 19.4. The summed E-state index contributed by atoms with van der Waals surface area (Å²) in [6.45, 7) is 24.1. The Labute approximate surface area is 552 Å². The van der Waals surface area contributed by atoms with Gasteiger partial charge in [-0.3, -0.25) is 9.80 Å². The summed E-state index contributed by atoms with van der Waals surface area (Å²) in [5, 5.41) is 33.5.